The first-order valence-corrected chi connectivity index (χ1v) is 8.35. The van der Waals surface area contributed by atoms with Gasteiger partial charge in [-0.2, -0.15) is 10.2 Å². The van der Waals surface area contributed by atoms with Crippen LogP contribution in [0.5, 0.6) is 0 Å². The van der Waals surface area contributed by atoms with E-state index in [1.165, 1.54) is 4.68 Å². The lowest BCUT2D eigenvalue weighted by Gasteiger charge is -2.08. The van der Waals surface area contributed by atoms with Crippen molar-refractivity contribution in [2.24, 2.45) is 7.05 Å². The molecule has 9 nitrogen and oxygen atoms in total. The summed E-state index contributed by atoms with van der Waals surface area (Å²) in [7, 11) is 1.56. The van der Waals surface area contributed by atoms with Crippen LogP contribution in [0.15, 0.2) is 30.3 Å². The quantitative estimate of drug-likeness (QED) is 0.550. The Labute approximate surface area is 155 Å². The van der Waals surface area contributed by atoms with Crippen LogP contribution >= 0.6 is 0 Å². The molecule has 0 radical (unpaired) electrons. The number of nitro groups is 1. The number of aromatic nitrogens is 4. The summed E-state index contributed by atoms with van der Waals surface area (Å²) in [4.78, 5) is 23.2. The molecule has 1 amide bonds. The van der Waals surface area contributed by atoms with Gasteiger partial charge >= 0.3 is 5.69 Å². The molecule has 0 atom stereocenters. The van der Waals surface area contributed by atoms with E-state index in [1.807, 2.05) is 42.8 Å². The summed E-state index contributed by atoms with van der Waals surface area (Å²) in [6, 6.07) is 9.28. The SMILES string of the molecule is Cc1cc(C)n(Cc2cccc(NC(=O)c3nn(C)c(C)c3[N+](=O)[O-])c2)n1. The summed E-state index contributed by atoms with van der Waals surface area (Å²) in [5.74, 6) is -0.617. The molecule has 0 aliphatic rings. The number of amides is 1. The number of nitrogens with zero attached hydrogens (tertiary/aromatic N) is 5. The van der Waals surface area contributed by atoms with Crippen LogP contribution in [0.1, 0.15) is 33.1 Å². The maximum Gasteiger partial charge on any atom is 0.322 e. The van der Waals surface area contributed by atoms with Gasteiger partial charge in [0.05, 0.1) is 17.2 Å². The molecule has 0 bridgehead atoms. The molecule has 2 heterocycles. The average molecular weight is 368 g/mol. The molecule has 0 saturated carbocycles. The summed E-state index contributed by atoms with van der Waals surface area (Å²) in [6.07, 6.45) is 0. The number of hydrogen-bond acceptors (Lipinski definition) is 5. The number of nitrogens with one attached hydrogen (secondary N) is 1. The highest BCUT2D eigenvalue weighted by atomic mass is 16.6. The average Bonchev–Trinajstić information content (AvgIpc) is 3.06. The van der Waals surface area contributed by atoms with Crippen LogP contribution in [-0.4, -0.2) is 30.4 Å². The summed E-state index contributed by atoms with van der Waals surface area (Å²) in [5.41, 5.74) is 3.31. The lowest BCUT2D eigenvalue weighted by molar-refractivity contribution is -0.385. The van der Waals surface area contributed by atoms with Crippen molar-refractivity contribution in [3.05, 3.63) is 68.8 Å². The third kappa shape index (κ3) is 3.71. The Morgan fingerprint density at radius 3 is 2.59 bits per heavy atom. The van der Waals surface area contributed by atoms with Gasteiger partial charge in [0.25, 0.3) is 5.91 Å². The zero-order valence-corrected chi connectivity index (χ0v) is 15.6. The Hall–Kier alpha value is -3.49. The molecular weight excluding hydrogens is 348 g/mol. The minimum atomic E-state index is -0.617. The van der Waals surface area contributed by atoms with E-state index in [9.17, 15) is 14.9 Å². The Kier molecular flexibility index (Phi) is 4.76. The molecule has 27 heavy (non-hydrogen) atoms. The molecule has 0 fully saturated rings. The molecule has 0 unspecified atom stereocenters. The second kappa shape index (κ2) is 7.02. The third-order valence-electron chi connectivity index (χ3n) is 4.32. The van der Waals surface area contributed by atoms with E-state index in [-0.39, 0.29) is 11.4 Å². The highest BCUT2D eigenvalue weighted by Crippen LogP contribution is 2.23. The maximum absolute atomic E-state index is 12.5. The molecule has 140 valence electrons. The standard InChI is InChI=1S/C18H20N6O3/c1-11-8-12(2)23(20-11)10-14-6-5-7-15(9-14)19-18(25)16-17(24(26)27)13(3)22(4)21-16/h5-9H,10H2,1-4H3,(H,19,25). The van der Waals surface area contributed by atoms with Crippen molar-refractivity contribution in [2.45, 2.75) is 27.3 Å². The van der Waals surface area contributed by atoms with Crippen molar-refractivity contribution in [3.8, 4) is 0 Å². The largest absolute Gasteiger partial charge is 0.322 e. The monoisotopic (exact) mass is 368 g/mol. The van der Waals surface area contributed by atoms with E-state index in [2.05, 4.69) is 15.5 Å². The smallest absolute Gasteiger partial charge is 0.320 e. The lowest BCUT2D eigenvalue weighted by Crippen LogP contribution is -2.15. The number of carbonyl (C=O) groups excluding carboxylic acids is 1. The first-order chi connectivity index (χ1) is 12.8. The highest BCUT2D eigenvalue weighted by molar-refractivity contribution is 6.05. The fraction of sp³-hybridized carbons (Fsp3) is 0.278. The molecule has 1 N–H and O–H groups in total. The van der Waals surface area contributed by atoms with Gasteiger partial charge in [-0.1, -0.05) is 12.1 Å². The van der Waals surface area contributed by atoms with Crippen molar-refractivity contribution in [1.29, 1.82) is 0 Å². The molecule has 9 heteroatoms. The number of hydrogen-bond donors (Lipinski definition) is 1. The second-order valence-corrected chi connectivity index (χ2v) is 6.40. The molecule has 2 aromatic heterocycles. The molecule has 1 aromatic carbocycles. The van der Waals surface area contributed by atoms with Crippen molar-refractivity contribution < 1.29 is 9.72 Å². The Balaban J connectivity index is 1.82. The summed E-state index contributed by atoms with van der Waals surface area (Å²) < 4.78 is 3.20. The van der Waals surface area contributed by atoms with Crippen LogP contribution in [0.2, 0.25) is 0 Å². The van der Waals surface area contributed by atoms with Crippen LogP contribution in [0.25, 0.3) is 0 Å². The van der Waals surface area contributed by atoms with Crippen LogP contribution in [-0.2, 0) is 13.6 Å². The summed E-state index contributed by atoms with van der Waals surface area (Å²) in [6.45, 7) is 6.03. The van der Waals surface area contributed by atoms with Gasteiger partial charge in [0.2, 0.25) is 5.69 Å². The Morgan fingerprint density at radius 2 is 1.96 bits per heavy atom. The highest BCUT2D eigenvalue weighted by Gasteiger charge is 2.28. The molecule has 3 aromatic rings. The van der Waals surface area contributed by atoms with Crippen LogP contribution < -0.4 is 5.32 Å². The molecule has 0 aliphatic carbocycles. The molecular formula is C18H20N6O3. The topological polar surface area (TPSA) is 108 Å². The van der Waals surface area contributed by atoms with E-state index < -0.39 is 10.8 Å². The first-order valence-electron chi connectivity index (χ1n) is 8.35. The van der Waals surface area contributed by atoms with E-state index in [4.69, 9.17) is 0 Å². The molecule has 0 saturated heterocycles. The van der Waals surface area contributed by atoms with E-state index >= 15 is 0 Å². The zero-order valence-electron chi connectivity index (χ0n) is 15.6. The van der Waals surface area contributed by atoms with Crippen molar-refractivity contribution in [3.63, 3.8) is 0 Å². The number of rotatable bonds is 5. The second-order valence-electron chi connectivity index (χ2n) is 6.40. The third-order valence-corrected chi connectivity index (χ3v) is 4.32. The van der Waals surface area contributed by atoms with Gasteiger partial charge in [-0.3, -0.25) is 24.3 Å². The van der Waals surface area contributed by atoms with E-state index in [1.54, 1.807) is 20.0 Å². The van der Waals surface area contributed by atoms with E-state index in [0.29, 0.717) is 17.9 Å². The van der Waals surface area contributed by atoms with E-state index in [0.717, 1.165) is 17.0 Å². The van der Waals surface area contributed by atoms with Gasteiger partial charge in [-0.05, 0) is 44.5 Å². The van der Waals surface area contributed by atoms with Gasteiger partial charge < -0.3 is 5.32 Å². The first kappa shape index (κ1) is 18.3. The fourth-order valence-electron chi connectivity index (χ4n) is 2.91. The van der Waals surface area contributed by atoms with Crippen LogP contribution in [0.3, 0.4) is 0 Å². The fourth-order valence-corrected chi connectivity index (χ4v) is 2.91. The van der Waals surface area contributed by atoms with Gasteiger partial charge in [0.15, 0.2) is 0 Å². The molecule has 3 rings (SSSR count). The van der Waals surface area contributed by atoms with Gasteiger partial charge in [-0.15, -0.1) is 0 Å². The minimum Gasteiger partial charge on any atom is -0.320 e. The number of anilines is 1. The van der Waals surface area contributed by atoms with Crippen molar-refractivity contribution >= 4 is 17.3 Å². The predicted molar refractivity (Wildman–Crippen MR) is 99.8 cm³/mol. The minimum absolute atomic E-state index is 0.205. The number of aryl methyl sites for hydroxylation is 3. The normalized spacial score (nSPS) is 10.8. The van der Waals surface area contributed by atoms with Gasteiger partial charge in [-0.25, -0.2) is 0 Å². The van der Waals surface area contributed by atoms with Gasteiger partial charge in [0, 0.05) is 18.4 Å². The molecule has 0 aliphatic heterocycles. The maximum atomic E-state index is 12.5. The summed E-state index contributed by atoms with van der Waals surface area (Å²) >= 11 is 0. The van der Waals surface area contributed by atoms with Gasteiger partial charge in [0.1, 0.15) is 5.69 Å². The Bertz CT molecular complexity index is 1030. The molecule has 0 spiro atoms. The van der Waals surface area contributed by atoms with Crippen LogP contribution in [0, 0.1) is 30.9 Å². The van der Waals surface area contributed by atoms with Crippen LogP contribution in [0.4, 0.5) is 11.4 Å². The van der Waals surface area contributed by atoms with Crippen molar-refractivity contribution in [1.82, 2.24) is 19.6 Å². The number of carbonyl (C=O) groups is 1. The zero-order chi connectivity index (χ0) is 19.7. The predicted octanol–water partition coefficient (Wildman–Crippen LogP) is 2.75. The summed E-state index contributed by atoms with van der Waals surface area (Å²) in [5, 5.41) is 22.4. The lowest BCUT2D eigenvalue weighted by atomic mass is 10.2. The Morgan fingerprint density at radius 1 is 1.22 bits per heavy atom. The van der Waals surface area contributed by atoms with Crippen molar-refractivity contribution in [2.75, 3.05) is 5.32 Å². The number of benzene rings is 1.